The van der Waals surface area contributed by atoms with Crippen molar-refractivity contribution in [2.75, 3.05) is 45.3 Å². The summed E-state index contributed by atoms with van der Waals surface area (Å²) in [6, 6.07) is 9.72. The molecule has 1 N–H and O–H groups in total. The number of hydrogen-bond donors (Lipinski definition) is 1. The van der Waals surface area contributed by atoms with Gasteiger partial charge in [0, 0.05) is 30.7 Å². The first-order chi connectivity index (χ1) is 16.3. The highest BCUT2D eigenvalue weighted by atomic mass is 32.2. The second-order valence-corrected chi connectivity index (χ2v) is 9.43. The number of imidazole rings is 1. The maximum absolute atomic E-state index is 13.1. The number of rotatable bonds is 7. The molecule has 0 atom stereocenters. The van der Waals surface area contributed by atoms with Crippen molar-refractivity contribution in [1.82, 2.24) is 13.7 Å². The molecule has 0 bridgehead atoms. The van der Waals surface area contributed by atoms with Crippen LogP contribution >= 0.6 is 0 Å². The van der Waals surface area contributed by atoms with Gasteiger partial charge in [-0.15, -0.1) is 0 Å². The lowest BCUT2D eigenvalue weighted by Gasteiger charge is -2.26. The Balaban J connectivity index is 1.43. The molecule has 1 amide bonds. The zero-order chi connectivity index (χ0) is 24.3. The van der Waals surface area contributed by atoms with Crippen molar-refractivity contribution in [3.63, 3.8) is 0 Å². The van der Waals surface area contributed by atoms with Crippen LogP contribution in [0.4, 0.5) is 5.69 Å². The van der Waals surface area contributed by atoms with Gasteiger partial charge in [0.2, 0.25) is 10.0 Å². The van der Waals surface area contributed by atoms with Gasteiger partial charge in [-0.3, -0.25) is 4.79 Å². The first-order valence-corrected chi connectivity index (χ1v) is 11.9. The lowest BCUT2D eigenvalue weighted by atomic mass is 10.3. The van der Waals surface area contributed by atoms with Crippen LogP contribution in [0.1, 0.15) is 16.2 Å². The SMILES string of the molecule is COc1ccc(NC(=O)COC(=O)c2cn3c(C)cccc3n2)cc1S(=O)(=O)N1CCOCC1. The lowest BCUT2D eigenvalue weighted by molar-refractivity contribution is -0.119. The van der Waals surface area contributed by atoms with Gasteiger partial charge in [0.15, 0.2) is 12.3 Å². The predicted octanol–water partition coefficient (Wildman–Crippen LogP) is 1.47. The number of pyridine rings is 1. The summed E-state index contributed by atoms with van der Waals surface area (Å²) in [7, 11) is -2.49. The monoisotopic (exact) mass is 488 g/mol. The summed E-state index contributed by atoms with van der Waals surface area (Å²) in [5, 5.41) is 2.55. The minimum absolute atomic E-state index is 0.0745. The molecule has 0 radical (unpaired) electrons. The van der Waals surface area contributed by atoms with Crippen LogP contribution in [0.3, 0.4) is 0 Å². The molecule has 1 aliphatic rings. The summed E-state index contributed by atoms with van der Waals surface area (Å²) >= 11 is 0. The Kier molecular flexibility index (Phi) is 6.82. The standard InChI is InChI=1S/C22H24N4O7S/c1-15-4-3-5-20-24-17(13-26(15)20)22(28)33-14-21(27)23-16-6-7-18(31-2)19(12-16)34(29,30)25-8-10-32-11-9-25/h3-7,12-13H,8-11,14H2,1-2H3,(H,23,27). The van der Waals surface area contributed by atoms with Crippen LogP contribution in [0.15, 0.2) is 47.5 Å². The average Bonchev–Trinajstić information content (AvgIpc) is 3.29. The van der Waals surface area contributed by atoms with E-state index in [0.29, 0.717) is 18.9 Å². The molecule has 180 valence electrons. The molecule has 4 rings (SSSR count). The fourth-order valence-electron chi connectivity index (χ4n) is 3.53. The van der Waals surface area contributed by atoms with Crippen molar-refractivity contribution in [1.29, 1.82) is 0 Å². The number of sulfonamides is 1. The van der Waals surface area contributed by atoms with E-state index in [4.69, 9.17) is 14.2 Å². The van der Waals surface area contributed by atoms with Crippen molar-refractivity contribution in [2.24, 2.45) is 0 Å². The van der Waals surface area contributed by atoms with E-state index >= 15 is 0 Å². The average molecular weight is 489 g/mol. The molecular formula is C22H24N4O7S. The molecule has 34 heavy (non-hydrogen) atoms. The van der Waals surface area contributed by atoms with Crippen molar-refractivity contribution in [3.8, 4) is 5.75 Å². The number of esters is 1. The van der Waals surface area contributed by atoms with Gasteiger partial charge in [-0.2, -0.15) is 4.31 Å². The molecule has 2 aromatic heterocycles. The molecule has 1 fully saturated rings. The van der Waals surface area contributed by atoms with E-state index in [0.717, 1.165) is 5.69 Å². The largest absolute Gasteiger partial charge is 0.495 e. The summed E-state index contributed by atoms with van der Waals surface area (Å²) in [6.45, 7) is 2.36. The number of nitrogens with one attached hydrogen (secondary N) is 1. The van der Waals surface area contributed by atoms with Crippen LogP contribution < -0.4 is 10.1 Å². The van der Waals surface area contributed by atoms with Gasteiger partial charge in [-0.1, -0.05) is 6.07 Å². The minimum Gasteiger partial charge on any atom is -0.495 e. The van der Waals surface area contributed by atoms with Gasteiger partial charge in [-0.25, -0.2) is 18.2 Å². The fraction of sp³-hybridized carbons (Fsp3) is 0.318. The van der Waals surface area contributed by atoms with E-state index in [1.807, 2.05) is 19.1 Å². The number of carbonyl (C=O) groups excluding carboxylic acids is 2. The van der Waals surface area contributed by atoms with E-state index in [9.17, 15) is 18.0 Å². The van der Waals surface area contributed by atoms with Gasteiger partial charge in [0.25, 0.3) is 5.91 Å². The van der Waals surface area contributed by atoms with Crippen LogP contribution in [-0.4, -0.2) is 74.0 Å². The Labute approximate surface area is 196 Å². The molecule has 12 heteroatoms. The van der Waals surface area contributed by atoms with Crippen molar-refractivity contribution in [2.45, 2.75) is 11.8 Å². The molecular weight excluding hydrogens is 464 g/mol. The Hall–Kier alpha value is -3.48. The molecule has 1 aromatic carbocycles. The Morgan fingerprint density at radius 1 is 1.18 bits per heavy atom. The number of benzene rings is 1. The minimum atomic E-state index is -3.86. The van der Waals surface area contributed by atoms with Gasteiger partial charge in [-0.05, 0) is 37.3 Å². The van der Waals surface area contributed by atoms with Gasteiger partial charge in [0.05, 0.1) is 20.3 Å². The zero-order valence-electron chi connectivity index (χ0n) is 18.7. The van der Waals surface area contributed by atoms with E-state index in [1.54, 1.807) is 10.5 Å². The Morgan fingerprint density at radius 3 is 2.65 bits per heavy atom. The Morgan fingerprint density at radius 2 is 1.94 bits per heavy atom. The molecule has 0 saturated carbocycles. The number of carbonyl (C=O) groups is 2. The van der Waals surface area contributed by atoms with Crippen LogP contribution in [0, 0.1) is 6.92 Å². The number of nitrogens with zero attached hydrogens (tertiary/aromatic N) is 3. The summed E-state index contributed by atoms with van der Waals surface area (Å²) in [5.41, 5.74) is 1.77. The van der Waals surface area contributed by atoms with E-state index in [-0.39, 0.29) is 35.1 Å². The normalized spacial score (nSPS) is 14.6. The van der Waals surface area contributed by atoms with Crippen LogP contribution in [-0.2, 0) is 24.3 Å². The molecule has 3 heterocycles. The topological polar surface area (TPSA) is 129 Å². The molecule has 11 nitrogen and oxygen atoms in total. The summed E-state index contributed by atoms with van der Waals surface area (Å²) in [4.78, 5) is 28.8. The summed E-state index contributed by atoms with van der Waals surface area (Å²) in [5.74, 6) is -1.23. The first-order valence-electron chi connectivity index (χ1n) is 10.5. The molecule has 0 unspecified atom stereocenters. The number of aryl methyl sites for hydroxylation is 1. The lowest BCUT2D eigenvalue weighted by Crippen LogP contribution is -2.40. The highest BCUT2D eigenvalue weighted by Gasteiger charge is 2.29. The van der Waals surface area contributed by atoms with Crippen LogP contribution in [0.2, 0.25) is 0 Å². The number of hydrogen-bond acceptors (Lipinski definition) is 8. The highest BCUT2D eigenvalue weighted by molar-refractivity contribution is 7.89. The molecule has 1 saturated heterocycles. The summed E-state index contributed by atoms with van der Waals surface area (Å²) < 4.78 is 44.7. The fourth-order valence-corrected chi connectivity index (χ4v) is 5.12. The quantitative estimate of drug-likeness (QED) is 0.495. The smallest absolute Gasteiger partial charge is 0.359 e. The summed E-state index contributed by atoms with van der Waals surface area (Å²) in [6.07, 6.45) is 1.54. The predicted molar refractivity (Wildman–Crippen MR) is 121 cm³/mol. The number of ether oxygens (including phenoxy) is 3. The van der Waals surface area contributed by atoms with Gasteiger partial charge >= 0.3 is 5.97 Å². The highest BCUT2D eigenvalue weighted by Crippen LogP contribution is 2.30. The number of amides is 1. The van der Waals surface area contributed by atoms with Gasteiger partial charge in [0.1, 0.15) is 16.3 Å². The first kappa shape index (κ1) is 23.7. The third-order valence-corrected chi connectivity index (χ3v) is 7.19. The molecule has 3 aromatic rings. The molecule has 1 aliphatic heterocycles. The molecule has 0 aliphatic carbocycles. The van der Waals surface area contributed by atoms with E-state index in [1.165, 1.54) is 35.8 Å². The number of anilines is 1. The van der Waals surface area contributed by atoms with Crippen LogP contribution in [0.5, 0.6) is 5.75 Å². The van der Waals surface area contributed by atoms with Gasteiger partial charge < -0.3 is 23.9 Å². The van der Waals surface area contributed by atoms with Crippen molar-refractivity contribution >= 4 is 33.2 Å². The third kappa shape index (κ3) is 4.88. The Bertz CT molecular complexity index is 1330. The van der Waals surface area contributed by atoms with E-state index < -0.39 is 28.5 Å². The van der Waals surface area contributed by atoms with E-state index in [2.05, 4.69) is 10.3 Å². The molecule has 0 spiro atoms. The number of methoxy groups -OCH3 is 1. The van der Waals surface area contributed by atoms with Crippen molar-refractivity contribution < 1.29 is 32.2 Å². The second kappa shape index (κ2) is 9.79. The second-order valence-electron chi connectivity index (χ2n) is 7.53. The number of morpholine rings is 1. The number of fused-ring (bicyclic) bond motifs is 1. The zero-order valence-corrected chi connectivity index (χ0v) is 19.5. The van der Waals surface area contributed by atoms with Crippen molar-refractivity contribution in [3.05, 3.63) is 54.0 Å². The third-order valence-electron chi connectivity index (χ3n) is 5.27. The number of aromatic nitrogens is 2. The van der Waals surface area contributed by atoms with Crippen LogP contribution in [0.25, 0.3) is 5.65 Å². The maximum atomic E-state index is 13.1. The maximum Gasteiger partial charge on any atom is 0.359 e.